The van der Waals surface area contributed by atoms with Gasteiger partial charge in [-0.3, -0.25) is 8.98 Å². The third-order valence-corrected chi connectivity index (χ3v) is 9.02. The van der Waals surface area contributed by atoms with Crippen molar-refractivity contribution in [2.24, 2.45) is 13.0 Å². The number of esters is 1. The smallest absolute Gasteiger partial charge is 0.409 e. The molecule has 4 rings (SSSR count). The van der Waals surface area contributed by atoms with Gasteiger partial charge in [0, 0.05) is 20.6 Å². The average molecular weight is 672 g/mol. The molecule has 0 saturated heterocycles. The summed E-state index contributed by atoms with van der Waals surface area (Å²) in [7, 11) is -0.358. The molecule has 1 aliphatic carbocycles. The normalized spacial score (nSPS) is 16.6. The predicted molar refractivity (Wildman–Crippen MR) is 174 cm³/mol. The van der Waals surface area contributed by atoms with Crippen LogP contribution in [0.15, 0.2) is 42.5 Å². The fourth-order valence-electron chi connectivity index (χ4n) is 5.31. The minimum Gasteiger partial charge on any atom is -0.489 e. The quantitative estimate of drug-likeness (QED) is 0.122. The zero-order valence-corrected chi connectivity index (χ0v) is 28.6. The summed E-state index contributed by atoms with van der Waals surface area (Å²) < 4.78 is 48.3. The van der Waals surface area contributed by atoms with Crippen LogP contribution in [0.4, 0.5) is 4.79 Å². The summed E-state index contributed by atoms with van der Waals surface area (Å²) >= 11 is 0. The van der Waals surface area contributed by atoms with Gasteiger partial charge in [-0.25, -0.2) is 14.5 Å². The van der Waals surface area contributed by atoms with Crippen LogP contribution in [0.3, 0.4) is 0 Å². The molecular formula is C33H45N5O8S. The number of pyridine rings is 1. The number of nitrogens with zero attached hydrogens (tertiary/aromatic N) is 5. The van der Waals surface area contributed by atoms with Gasteiger partial charge in [-0.1, -0.05) is 35.5 Å². The number of aromatic nitrogens is 4. The number of benzene rings is 1. The number of carbonyl (C=O) groups is 2. The van der Waals surface area contributed by atoms with Crippen molar-refractivity contribution in [2.45, 2.75) is 83.9 Å². The van der Waals surface area contributed by atoms with Gasteiger partial charge in [-0.05, 0) is 77.0 Å². The number of hydrogen-bond donors (Lipinski definition) is 0. The van der Waals surface area contributed by atoms with Gasteiger partial charge in [0.1, 0.15) is 29.5 Å². The molecule has 0 unspecified atom stereocenters. The molecule has 47 heavy (non-hydrogen) atoms. The van der Waals surface area contributed by atoms with Gasteiger partial charge in [0.15, 0.2) is 0 Å². The molecule has 1 saturated carbocycles. The summed E-state index contributed by atoms with van der Waals surface area (Å²) in [5, 5.41) is 8.36. The van der Waals surface area contributed by atoms with Crippen molar-refractivity contribution in [3.63, 3.8) is 0 Å². The Balaban J connectivity index is 1.25. The highest BCUT2D eigenvalue weighted by Gasteiger charge is 2.30. The van der Waals surface area contributed by atoms with Crippen molar-refractivity contribution in [1.29, 1.82) is 0 Å². The number of unbranched alkanes of at least 4 members (excludes halogenated alkanes) is 1. The average Bonchev–Trinajstić information content (AvgIpc) is 3.40. The van der Waals surface area contributed by atoms with Gasteiger partial charge in [0.25, 0.3) is 10.1 Å². The molecule has 3 aromatic rings. The van der Waals surface area contributed by atoms with E-state index in [2.05, 4.69) is 10.3 Å². The predicted octanol–water partition coefficient (Wildman–Crippen LogP) is 4.97. The van der Waals surface area contributed by atoms with E-state index in [4.69, 9.17) is 23.4 Å². The second kappa shape index (κ2) is 16.7. The molecule has 13 nitrogen and oxygen atoms in total. The van der Waals surface area contributed by atoms with Crippen LogP contribution in [0, 0.1) is 12.8 Å². The molecule has 1 aliphatic rings. The van der Waals surface area contributed by atoms with Crippen LogP contribution < -0.4 is 4.74 Å². The van der Waals surface area contributed by atoms with Crippen molar-refractivity contribution in [3.8, 4) is 17.1 Å². The Morgan fingerprint density at radius 2 is 1.85 bits per heavy atom. The second-order valence-corrected chi connectivity index (χ2v) is 13.7. The zero-order chi connectivity index (χ0) is 34.0. The van der Waals surface area contributed by atoms with Gasteiger partial charge >= 0.3 is 12.1 Å². The number of hydrogen-bond acceptors (Lipinski definition) is 11. The highest BCUT2D eigenvalue weighted by molar-refractivity contribution is 7.85. The van der Waals surface area contributed by atoms with Crippen molar-refractivity contribution in [3.05, 3.63) is 59.4 Å². The summed E-state index contributed by atoms with van der Waals surface area (Å²) in [4.78, 5) is 31.2. The van der Waals surface area contributed by atoms with Crippen LogP contribution in [0.1, 0.15) is 69.3 Å². The molecular weight excluding hydrogens is 626 g/mol. The molecule has 14 heteroatoms. The molecule has 1 amide bonds. The molecule has 0 aliphatic heterocycles. The van der Waals surface area contributed by atoms with Crippen LogP contribution in [-0.2, 0) is 48.0 Å². The third-order valence-electron chi connectivity index (χ3n) is 7.81. The SMILES string of the molecule is Cc1nc(-c2nnn(C)c2COC(=O)N(C)CCCCOS(=O)(=O)Cc2ccccc2)ccc1O[C@H]1CCC[C@H](C(=O)OC(C)C)C1. The van der Waals surface area contributed by atoms with E-state index in [0.29, 0.717) is 59.9 Å². The number of rotatable bonds is 15. The maximum Gasteiger partial charge on any atom is 0.409 e. The molecule has 0 radical (unpaired) electrons. The highest BCUT2D eigenvalue weighted by Crippen LogP contribution is 2.31. The maximum atomic E-state index is 12.7. The van der Waals surface area contributed by atoms with Gasteiger partial charge in [-0.15, -0.1) is 5.10 Å². The standard InChI is InChI=1S/C33H45N5O8S/c1-23(2)45-32(39)26-14-11-15-27(20-26)46-30-17-16-28(34-24(30)3)31-29(38(5)36-35-31)21-43-33(40)37(4)18-9-10-19-44-47(41,42)22-25-12-7-6-8-13-25/h6-8,12-13,16-17,23,26-27H,9-11,14-15,18-22H2,1-5H3/t26-,27-/m0/s1. The van der Waals surface area contributed by atoms with Crippen LogP contribution in [0.25, 0.3) is 11.4 Å². The largest absolute Gasteiger partial charge is 0.489 e. The van der Waals surface area contributed by atoms with E-state index in [-0.39, 0.29) is 43.1 Å². The summed E-state index contributed by atoms with van der Waals surface area (Å²) in [5.41, 5.74) is 2.95. The Morgan fingerprint density at radius 1 is 1.09 bits per heavy atom. The summed E-state index contributed by atoms with van der Waals surface area (Å²) in [5.74, 6) is 0.111. The summed E-state index contributed by atoms with van der Waals surface area (Å²) in [6.45, 7) is 5.87. The Labute approximate surface area is 276 Å². The lowest BCUT2D eigenvalue weighted by Crippen LogP contribution is -2.31. The van der Waals surface area contributed by atoms with Crippen molar-refractivity contribution >= 4 is 22.2 Å². The Hall–Kier alpha value is -4.04. The number of amides is 1. The molecule has 0 spiro atoms. The topological polar surface area (TPSA) is 152 Å². The summed E-state index contributed by atoms with van der Waals surface area (Å²) in [6, 6.07) is 12.5. The van der Waals surface area contributed by atoms with E-state index in [9.17, 15) is 18.0 Å². The van der Waals surface area contributed by atoms with E-state index in [1.165, 1.54) is 9.58 Å². The van der Waals surface area contributed by atoms with Crippen molar-refractivity contribution in [1.82, 2.24) is 24.9 Å². The van der Waals surface area contributed by atoms with E-state index >= 15 is 0 Å². The first-order valence-corrected chi connectivity index (χ1v) is 17.5. The van der Waals surface area contributed by atoms with Crippen LogP contribution in [0.5, 0.6) is 5.75 Å². The number of carbonyl (C=O) groups excluding carboxylic acids is 2. The third kappa shape index (κ3) is 10.7. The minimum absolute atomic E-state index is 0.0342. The maximum absolute atomic E-state index is 12.7. The number of ether oxygens (including phenoxy) is 3. The Kier molecular flexibility index (Phi) is 12.7. The van der Waals surface area contributed by atoms with Gasteiger partial charge in [0.05, 0.1) is 36.1 Å². The lowest BCUT2D eigenvalue weighted by Gasteiger charge is -2.29. The first kappa shape index (κ1) is 35.8. The number of aryl methyl sites for hydroxylation is 2. The van der Waals surface area contributed by atoms with Gasteiger partial charge in [0.2, 0.25) is 0 Å². The molecule has 2 heterocycles. The van der Waals surface area contributed by atoms with Crippen molar-refractivity contribution < 1.29 is 36.4 Å². The zero-order valence-electron chi connectivity index (χ0n) is 27.8. The Bertz CT molecular complexity index is 1600. The fourth-order valence-corrected chi connectivity index (χ4v) is 6.36. The molecule has 0 bridgehead atoms. The fraction of sp³-hybridized carbons (Fsp3) is 0.545. The molecule has 1 aromatic carbocycles. The van der Waals surface area contributed by atoms with Crippen molar-refractivity contribution in [2.75, 3.05) is 20.2 Å². The Morgan fingerprint density at radius 3 is 2.57 bits per heavy atom. The second-order valence-electron chi connectivity index (χ2n) is 12.1. The molecule has 256 valence electrons. The van der Waals surface area contributed by atoms with Crippen LogP contribution in [0.2, 0.25) is 0 Å². The molecule has 2 atom stereocenters. The first-order valence-electron chi connectivity index (χ1n) is 15.9. The van der Waals surface area contributed by atoms with E-state index in [1.807, 2.05) is 32.9 Å². The van der Waals surface area contributed by atoms with Crippen LogP contribution >= 0.6 is 0 Å². The van der Waals surface area contributed by atoms with Gasteiger partial charge < -0.3 is 19.1 Å². The minimum atomic E-state index is -3.68. The van der Waals surface area contributed by atoms with Gasteiger partial charge in [-0.2, -0.15) is 8.42 Å². The lowest BCUT2D eigenvalue weighted by molar-refractivity contribution is -0.154. The van der Waals surface area contributed by atoms with E-state index < -0.39 is 16.2 Å². The molecule has 0 N–H and O–H groups in total. The van der Waals surface area contributed by atoms with E-state index in [1.54, 1.807) is 44.4 Å². The van der Waals surface area contributed by atoms with E-state index in [0.717, 1.165) is 19.3 Å². The molecule has 1 fully saturated rings. The lowest BCUT2D eigenvalue weighted by atomic mass is 9.87. The summed E-state index contributed by atoms with van der Waals surface area (Å²) in [6.07, 6.45) is 3.34. The molecule has 2 aromatic heterocycles. The highest BCUT2D eigenvalue weighted by atomic mass is 32.2. The van der Waals surface area contributed by atoms with Crippen LogP contribution in [-0.4, -0.2) is 77.8 Å². The monoisotopic (exact) mass is 671 g/mol. The first-order chi connectivity index (χ1) is 22.4.